The van der Waals surface area contributed by atoms with Gasteiger partial charge in [0.05, 0.1) is 6.04 Å². The lowest BCUT2D eigenvalue weighted by molar-refractivity contribution is -0.129. The number of hydrogen-bond acceptors (Lipinski definition) is 4. The van der Waals surface area contributed by atoms with Crippen molar-refractivity contribution in [1.82, 2.24) is 16.0 Å². The highest BCUT2D eigenvalue weighted by molar-refractivity contribution is 7.99. The van der Waals surface area contributed by atoms with Crippen LogP contribution in [0.5, 0.6) is 0 Å². The Morgan fingerprint density at radius 1 is 1.53 bits per heavy atom. The number of amides is 2. The van der Waals surface area contributed by atoms with Crippen LogP contribution >= 0.6 is 24.2 Å². The van der Waals surface area contributed by atoms with E-state index in [1.54, 1.807) is 25.7 Å². The molecule has 7 heteroatoms. The molecule has 5 nitrogen and oxygen atoms in total. The Kier molecular flexibility index (Phi) is 6.71. The van der Waals surface area contributed by atoms with Crippen LogP contribution in [0, 0.1) is 0 Å². The van der Waals surface area contributed by atoms with Crippen molar-refractivity contribution >= 4 is 36.0 Å². The van der Waals surface area contributed by atoms with E-state index in [2.05, 4.69) is 16.0 Å². The molecule has 15 heavy (non-hydrogen) atoms. The third-order valence-corrected chi connectivity index (χ3v) is 2.97. The number of nitrogens with one attached hydrogen (secondary N) is 3. The maximum atomic E-state index is 11.5. The monoisotopic (exact) mass is 253 g/mol. The number of thioether (sulfide) groups is 1. The molecular weight excluding hydrogens is 238 g/mol. The van der Waals surface area contributed by atoms with Crippen LogP contribution < -0.4 is 16.0 Å². The van der Waals surface area contributed by atoms with Crippen molar-refractivity contribution in [2.75, 3.05) is 18.7 Å². The molecule has 2 atom stereocenters. The minimum absolute atomic E-state index is 0. The van der Waals surface area contributed by atoms with Crippen LogP contribution in [0.15, 0.2) is 0 Å². The van der Waals surface area contributed by atoms with E-state index in [0.29, 0.717) is 0 Å². The number of carbonyl (C=O) groups excluding carboxylic acids is 2. The highest BCUT2D eigenvalue weighted by Crippen LogP contribution is 2.09. The highest BCUT2D eigenvalue weighted by atomic mass is 35.5. The molecule has 1 unspecified atom stereocenters. The van der Waals surface area contributed by atoms with E-state index in [1.807, 2.05) is 0 Å². The van der Waals surface area contributed by atoms with Gasteiger partial charge in [0.2, 0.25) is 11.8 Å². The van der Waals surface area contributed by atoms with E-state index in [4.69, 9.17) is 0 Å². The second-order valence-corrected chi connectivity index (χ2v) is 4.15. The summed E-state index contributed by atoms with van der Waals surface area (Å²) in [5.41, 5.74) is 0. The summed E-state index contributed by atoms with van der Waals surface area (Å²) in [6.07, 6.45) is 0. The lowest BCUT2D eigenvalue weighted by Crippen LogP contribution is -2.50. The molecule has 1 saturated heterocycles. The van der Waals surface area contributed by atoms with Crippen molar-refractivity contribution in [3.8, 4) is 0 Å². The number of hydrogen-bond donors (Lipinski definition) is 3. The number of likely N-dealkylation sites (N-methyl/N-ethyl adjacent to an activating group) is 1. The minimum atomic E-state index is -0.472. The smallest absolute Gasteiger partial charge is 0.242 e. The molecule has 1 fully saturated rings. The Balaban J connectivity index is 0.00000196. The third kappa shape index (κ3) is 4.27. The minimum Gasteiger partial charge on any atom is -0.357 e. The van der Waals surface area contributed by atoms with Gasteiger partial charge >= 0.3 is 0 Å². The number of halogens is 1. The zero-order valence-corrected chi connectivity index (χ0v) is 10.3. The first kappa shape index (κ1) is 14.5. The van der Waals surface area contributed by atoms with E-state index in [9.17, 15) is 9.59 Å². The second-order valence-electron chi connectivity index (χ2n) is 3.12. The summed E-state index contributed by atoms with van der Waals surface area (Å²) >= 11 is 1.68. The summed E-state index contributed by atoms with van der Waals surface area (Å²) in [5.74, 6) is 1.29. The molecule has 1 rings (SSSR count). The van der Waals surface area contributed by atoms with Crippen LogP contribution in [0.25, 0.3) is 0 Å². The lowest BCUT2D eigenvalue weighted by Gasteiger charge is -2.15. The van der Waals surface area contributed by atoms with Gasteiger partial charge in [-0.05, 0) is 6.92 Å². The largest absolute Gasteiger partial charge is 0.357 e. The van der Waals surface area contributed by atoms with Crippen LogP contribution in [0.3, 0.4) is 0 Å². The van der Waals surface area contributed by atoms with Gasteiger partial charge in [-0.15, -0.1) is 24.2 Å². The van der Waals surface area contributed by atoms with Gasteiger partial charge in [0, 0.05) is 18.7 Å². The van der Waals surface area contributed by atoms with Crippen molar-refractivity contribution < 1.29 is 9.59 Å². The predicted molar refractivity (Wildman–Crippen MR) is 63.2 cm³/mol. The summed E-state index contributed by atoms with van der Waals surface area (Å²) in [6.45, 7) is 1.67. The quantitative estimate of drug-likeness (QED) is 0.624. The van der Waals surface area contributed by atoms with Crippen molar-refractivity contribution in [3.63, 3.8) is 0 Å². The van der Waals surface area contributed by atoms with E-state index < -0.39 is 6.04 Å². The molecule has 1 heterocycles. The third-order valence-electron chi connectivity index (χ3n) is 2.03. The zero-order valence-electron chi connectivity index (χ0n) is 8.70. The molecular formula is C8H16ClN3O2S. The second kappa shape index (κ2) is 6.92. The maximum Gasteiger partial charge on any atom is 0.242 e. The van der Waals surface area contributed by atoms with Crippen LogP contribution in [0.1, 0.15) is 6.92 Å². The Labute approximate surface area is 99.5 Å². The Hall–Kier alpha value is -0.460. The van der Waals surface area contributed by atoms with Crippen molar-refractivity contribution in [1.29, 1.82) is 0 Å². The maximum absolute atomic E-state index is 11.5. The number of carbonyl (C=O) groups is 2. The SMILES string of the molecule is CNC(=O)[C@@H](C)NC(=O)C1CSCN1.Cl. The summed E-state index contributed by atoms with van der Waals surface area (Å²) in [5, 5.41) is 8.16. The summed E-state index contributed by atoms with van der Waals surface area (Å²) < 4.78 is 0. The fourth-order valence-corrected chi connectivity index (χ4v) is 2.10. The van der Waals surface area contributed by atoms with Gasteiger partial charge in [-0.25, -0.2) is 0 Å². The number of rotatable bonds is 3. The van der Waals surface area contributed by atoms with Gasteiger partial charge in [-0.1, -0.05) is 0 Å². The van der Waals surface area contributed by atoms with Gasteiger partial charge in [0.1, 0.15) is 6.04 Å². The highest BCUT2D eigenvalue weighted by Gasteiger charge is 2.24. The lowest BCUT2D eigenvalue weighted by atomic mass is 10.2. The van der Waals surface area contributed by atoms with Crippen molar-refractivity contribution in [2.45, 2.75) is 19.0 Å². The average molecular weight is 254 g/mol. The Bertz CT molecular complexity index is 234. The molecule has 0 spiro atoms. The molecule has 1 aliphatic heterocycles. The molecule has 0 bridgehead atoms. The average Bonchev–Trinajstić information content (AvgIpc) is 2.69. The first-order chi connectivity index (χ1) is 6.65. The van der Waals surface area contributed by atoms with E-state index in [1.165, 1.54) is 0 Å². The summed E-state index contributed by atoms with van der Waals surface area (Å²) in [4.78, 5) is 22.6. The van der Waals surface area contributed by atoms with Crippen LogP contribution in [0.4, 0.5) is 0 Å². The fraction of sp³-hybridized carbons (Fsp3) is 0.750. The summed E-state index contributed by atoms with van der Waals surface area (Å²) in [7, 11) is 1.55. The molecule has 0 radical (unpaired) electrons. The summed E-state index contributed by atoms with van der Waals surface area (Å²) in [6, 6.07) is -0.632. The zero-order chi connectivity index (χ0) is 10.6. The molecule has 3 N–H and O–H groups in total. The van der Waals surface area contributed by atoms with E-state index in [0.717, 1.165) is 11.6 Å². The van der Waals surface area contributed by atoms with E-state index >= 15 is 0 Å². The van der Waals surface area contributed by atoms with E-state index in [-0.39, 0.29) is 30.3 Å². The van der Waals surface area contributed by atoms with Gasteiger partial charge in [0.15, 0.2) is 0 Å². The molecule has 88 valence electrons. The Morgan fingerprint density at radius 3 is 2.67 bits per heavy atom. The Morgan fingerprint density at radius 2 is 2.20 bits per heavy atom. The fourth-order valence-electron chi connectivity index (χ4n) is 1.16. The van der Waals surface area contributed by atoms with Gasteiger partial charge in [-0.3, -0.25) is 14.9 Å². The van der Waals surface area contributed by atoms with Gasteiger partial charge < -0.3 is 10.6 Å². The molecule has 0 saturated carbocycles. The van der Waals surface area contributed by atoms with Crippen molar-refractivity contribution in [2.24, 2.45) is 0 Å². The topological polar surface area (TPSA) is 70.2 Å². The molecule has 2 amide bonds. The first-order valence-corrected chi connectivity index (χ1v) is 5.63. The van der Waals surface area contributed by atoms with Gasteiger partial charge in [0.25, 0.3) is 0 Å². The van der Waals surface area contributed by atoms with Gasteiger partial charge in [-0.2, -0.15) is 0 Å². The van der Waals surface area contributed by atoms with Crippen LogP contribution in [-0.2, 0) is 9.59 Å². The predicted octanol–water partition coefficient (Wildman–Crippen LogP) is -0.679. The molecule has 0 aliphatic carbocycles. The van der Waals surface area contributed by atoms with Crippen LogP contribution in [-0.4, -0.2) is 42.6 Å². The van der Waals surface area contributed by atoms with Crippen molar-refractivity contribution in [3.05, 3.63) is 0 Å². The molecule has 0 aromatic carbocycles. The molecule has 0 aromatic rings. The molecule has 0 aromatic heterocycles. The first-order valence-electron chi connectivity index (χ1n) is 4.48. The normalized spacial score (nSPS) is 21.3. The van der Waals surface area contributed by atoms with Crippen LogP contribution in [0.2, 0.25) is 0 Å². The molecule has 1 aliphatic rings. The standard InChI is InChI=1S/C8H15N3O2S.ClH/c1-5(7(12)9-2)11-8(13)6-3-14-4-10-6;/h5-6,10H,3-4H2,1-2H3,(H,9,12)(H,11,13);1H/t5-,6?;/m1./s1.